The number of halogens is 3. The minimum atomic E-state index is -1.97. The van der Waals surface area contributed by atoms with Gasteiger partial charge in [-0.3, -0.25) is 10.1 Å². The molecule has 0 spiro atoms. The summed E-state index contributed by atoms with van der Waals surface area (Å²) in [5, 5.41) is 13.9. The molecule has 0 fully saturated rings. The molecule has 0 aliphatic carbocycles. The maximum absolute atomic E-state index is 13.6. The van der Waals surface area contributed by atoms with Crippen LogP contribution in [0.1, 0.15) is 0 Å². The molecule has 0 saturated heterocycles. The van der Waals surface area contributed by atoms with Crippen LogP contribution in [-0.2, 0) is 0 Å². The molecule has 14 heteroatoms. The van der Waals surface area contributed by atoms with Crippen LogP contribution in [-0.4, -0.2) is 32.0 Å². The summed E-state index contributed by atoms with van der Waals surface area (Å²) >= 11 is 8.86. The Kier molecular flexibility index (Phi) is 5.82. The van der Waals surface area contributed by atoms with E-state index in [1.807, 2.05) is 30.3 Å². The average Bonchev–Trinajstić information content (AvgIpc) is 3.03. The van der Waals surface area contributed by atoms with Crippen LogP contribution in [0.4, 0.5) is 16.0 Å². The highest BCUT2D eigenvalue weighted by Crippen LogP contribution is 2.50. The van der Waals surface area contributed by atoms with Crippen molar-refractivity contribution in [3.05, 3.63) is 46.8 Å². The lowest BCUT2D eigenvalue weighted by molar-refractivity contribution is -0.286. The summed E-state index contributed by atoms with van der Waals surface area (Å²) in [7, 11) is 0. The van der Waals surface area contributed by atoms with Gasteiger partial charge < -0.3 is 10.3 Å². The maximum atomic E-state index is 13.6. The van der Waals surface area contributed by atoms with Gasteiger partial charge >= 0.3 is 0 Å². The van der Waals surface area contributed by atoms with E-state index in [9.17, 15) is 14.6 Å². The number of aromatic amines is 1. The Labute approximate surface area is 167 Å². The van der Waals surface area contributed by atoms with E-state index in [-0.39, 0.29) is 21.7 Å². The first-order chi connectivity index (χ1) is 12.4. The second kappa shape index (κ2) is 7.92. The number of imidazole rings is 1. The van der Waals surface area contributed by atoms with Crippen molar-refractivity contribution in [3.63, 3.8) is 0 Å². The lowest BCUT2D eigenvalue weighted by Gasteiger charge is -2.20. The first kappa shape index (κ1) is 19.1. The summed E-state index contributed by atoms with van der Waals surface area (Å²) in [5.74, 6) is 0.377. The number of hydrogen-bond acceptors (Lipinski definition) is 9. The van der Waals surface area contributed by atoms with Crippen LogP contribution in [0.25, 0.3) is 11.2 Å². The molecule has 136 valence electrons. The number of H-pyrrole nitrogens is 1. The molecule has 1 atom stereocenters. The fourth-order valence-electron chi connectivity index (χ4n) is 1.90. The maximum Gasteiger partial charge on any atom is 0.289 e. The van der Waals surface area contributed by atoms with E-state index in [4.69, 9.17) is 11.8 Å². The van der Waals surface area contributed by atoms with E-state index in [2.05, 4.69) is 41.2 Å². The predicted molar refractivity (Wildman–Crippen MR) is 102 cm³/mol. The Morgan fingerprint density at radius 1 is 1.38 bits per heavy atom. The monoisotopic (exact) mass is 479 g/mol. The van der Waals surface area contributed by atoms with Gasteiger partial charge in [-0.2, -0.15) is 0 Å². The SMILES string of the molecule is O=[N+]([O-])SC(Br)(Sc1nc(Nc2ccccc2)c2[nH]cnc2n1)N(F)Cl. The van der Waals surface area contributed by atoms with Gasteiger partial charge in [0.15, 0.2) is 16.6 Å². The summed E-state index contributed by atoms with van der Waals surface area (Å²) in [6.07, 6.45) is 1.43. The van der Waals surface area contributed by atoms with Gasteiger partial charge in [-0.05, 0) is 44.5 Å². The molecule has 9 nitrogen and oxygen atoms in total. The Hall–Kier alpha value is -1.67. The standard InChI is InChI=1S/C12H8BrClFN7O2S2/c13-12(21(14)15,26-22(23)24)25-11-19-9-8(16-6-17-9)10(20-11)18-7-4-2-1-3-5-7/h1-6H,(H2,16,17,18,19,20). The summed E-state index contributed by atoms with van der Waals surface area (Å²) in [5.41, 5.74) is 1.59. The number of anilines is 2. The second-order valence-electron chi connectivity index (χ2n) is 4.60. The van der Waals surface area contributed by atoms with Crippen molar-refractivity contribution >= 4 is 74.1 Å². The fraction of sp³-hybridized carbons (Fsp3) is 0.0833. The molecule has 0 aliphatic rings. The number of aromatic nitrogens is 4. The Bertz CT molecular complexity index is 934. The van der Waals surface area contributed by atoms with E-state index >= 15 is 0 Å². The second-order valence-corrected chi connectivity index (χ2v) is 9.59. The van der Waals surface area contributed by atoms with Crippen molar-refractivity contribution in [2.75, 3.05) is 5.32 Å². The Morgan fingerprint density at radius 3 is 2.77 bits per heavy atom. The fourth-order valence-corrected chi connectivity index (χ4v) is 4.25. The number of nitrogens with zero attached hydrogens (tertiary/aromatic N) is 5. The molecule has 0 aliphatic heterocycles. The van der Waals surface area contributed by atoms with Gasteiger partial charge in [0.2, 0.25) is 0 Å². The van der Waals surface area contributed by atoms with E-state index in [1.165, 1.54) is 6.33 Å². The summed E-state index contributed by atoms with van der Waals surface area (Å²) in [4.78, 5) is 26.2. The molecular weight excluding hydrogens is 473 g/mol. The zero-order valence-corrected chi connectivity index (χ0v) is 16.4. The third-order valence-corrected chi connectivity index (χ3v) is 6.58. The molecule has 0 bridgehead atoms. The lowest BCUT2D eigenvalue weighted by atomic mass is 10.3. The Morgan fingerprint density at radius 2 is 2.12 bits per heavy atom. The first-order valence-electron chi connectivity index (χ1n) is 6.74. The van der Waals surface area contributed by atoms with Crippen molar-refractivity contribution in [1.29, 1.82) is 0 Å². The number of benzene rings is 1. The molecular formula is C12H8BrClFN7O2S2. The zero-order chi connectivity index (χ0) is 18.7. The van der Waals surface area contributed by atoms with Crippen LogP contribution in [0, 0.1) is 10.1 Å². The van der Waals surface area contributed by atoms with E-state index in [0.29, 0.717) is 28.7 Å². The highest BCUT2D eigenvalue weighted by Gasteiger charge is 2.46. The molecule has 0 radical (unpaired) electrons. The molecule has 0 saturated carbocycles. The number of nitro groups is 1. The number of para-hydroxylation sites is 1. The van der Waals surface area contributed by atoms with Crippen molar-refractivity contribution in [2.24, 2.45) is 0 Å². The van der Waals surface area contributed by atoms with Gasteiger partial charge in [-0.25, -0.2) is 15.0 Å². The molecule has 26 heavy (non-hydrogen) atoms. The van der Waals surface area contributed by atoms with Gasteiger partial charge in [-0.1, -0.05) is 18.2 Å². The van der Waals surface area contributed by atoms with Gasteiger partial charge in [0.1, 0.15) is 9.85 Å². The number of thioether (sulfide) groups is 1. The molecule has 1 aromatic carbocycles. The van der Waals surface area contributed by atoms with Crippen LogP contribution in [0.5, 0.6) is 0 Å². The van der Waals surface area contributed by atoms with Crippen molar-refractivity contribution in [3.8, 4) is 0 Å². The molecule has 2 N–H and O–H groups in total. The minimum absolute atomic E-state index is 0.0143. The van der Waals surface area contributed by atoms with Crippen molar-refractivity contribution in [2.45, 2.75) is 8.27 Å². The lowest BCUT2D eigenvalue weighted by Crippen LogP contribution is -2.26. The van der Waals surface area contributed by atoms with E-state index in [1.54, 1.807) is 0 Å². The molecule has 2 aromatic heterocycles. The number of fused-ring (bicyclic) bond motifs is 1. The first-order valence-corrected chi connectivity index (χ1v) is 9.46. The van der Waals surface area contributed by atoms with Crippen molar-refractivity contribution in [1.82, 2.24) is 24.6 Å². The van der Waals surface area contributed by atoms with E-state index < -0.39 is 7.44 Å². The van der Waals surface area contributed by atoms with Crippen LogP contribution in [0.15, 0.2) is 41.8 Å². The predicted octanol–water partition coefficient (Wildman–Crippen LogP) is 4.46. The molecule has 3 aromatic rings. The third kappa shape index (κ3) is 4.35. The topological polar surface area (TPSA) is 113 Å². The normalized spacial score (nSPS) is 13.7. The van der Waals surface area contributed by atoms with Crippen LogP contribution < -0.4 is 5.32 Å². The molecule has 3 rings (SSSR count). The largest absolute Gasteiger partial charge is 0.340 e. The average molecular weight is 481 g/mol. The zero-order valence-electron chi connectivity index (χ0n) is 12.5. The molecule has 0 amide bonds. The van der Waals surface area contributed by atoms with E-state index in [0.717, 1.165) is 5.69 Å². The Balaban J connectivity index is 1.97. The summed E-state index contributed by atoms with van der Waals surface area (Å²) in [6, 6.07) is 9.21. The summed E-state index contributed by atoms with van der Waals surface area (Å²) in [6.45, 7) is 0. The molecule has 2 heterocycles. The third-order valence-electron chi connectivity index (χ3n) is 2.91. The van der Waals surface area contributed by atoms with Gasteiger partial charge in [0.05, 0.1) is 6.33 Å². The summed E-state index contributed by atoms with van der Waals surface area (Å²) < 4.78 is 10.5. The number of nitrogens with one attached hydrogen (secondary N) is 2. The quantitative estimate of drug-likeness (QED) is 0.0582. The smallest absolute Gasteiger partial charge is 0.289 e. The van der Waals surface area contributed by atoms with Gasteiger partial charge in [-0.15, -0.1) is 4.48 Å². The van der Waals surface area contributed by atoms with Gasteiger partial charge in [0, 0.05) is 17.5 Å². The van der Waals surface area contributed by atoms with Crippen LogP contribution >= 0.6 is 51.4 Å². The van der Waals surface area contributed by atoms with Gasteiger partial charge in [0.25, 0.3) is 15.1 Å². The molecule has 1 unspecified atom stereocenters. The number of hydrogen-bond donors (Lipinski definition) is 2. The van der Waals surface area contributed by atoms with Crippen LogP contribution in [0.3, 0.4) is 0 Å². The number of alkyl halides is 1. The minimum Gasteiger partial charge on any atom is -0.340 e. The number of rotatable bonds is 7. The van der Waals surface area contributed by atoms with Crippen LogP contribution in [0.2, 0.25) is 0 Å². The highest BCUT2D eigenvalue weighted by atomic mass is 79.9. The highest BCUT2D eigenvalue weighted by molar-refractivity contribution is 9.13. The van der Waals surface area contributed by atoms with Crippen molar-refractivity contribution < 1.29 is 8.81 Å².